The molecule has 1 fully saturated rings. The van der Waals surface area contributed by atoms with Crippen LogP contribution in [0, 0.1) is 12.7 Å². The molecule has 2 heterocycles. The number of thiophene rings is 1. The average Bonchev–Trinajstić information content (AvgIpc) is 3.34. The van der Waals surface area contributed by atoms with Crippen LogP contribution in [-0.2, 0) is 10.0 Å². The highest BCUT2D eigenvalue weighted by Gasteiger charge is 2.27. The van der Waals surface area contributed by atoms with Crippen molar-refractivity contribution in [2.45, 2.75) is 43.5 Å². The largest absolute Gasteiger partial charge is 0.333 e. The van der Waals surface area contributed by atoms with Crippen LogP contribution in [0.25, 0.3) is 22.2 Å². The first-order valence-corrected chi connectivity index (χ1v) is 10.9. The number of rotatable bonds is 5. The fourth-order valence-corrected chi connectivity index (χ4v) is 6.05. The van der Waals surface area contributed by atoms with E-state index in [-0.39, 0.29) is 22.7 Å². The number of aromatic nitrogens is 2. The number of hydrogen-bond donors (Lipinski definition) is 1. The molecule has 142 valence electrons. The second kappa shape index (κ2) is 7.14. The lowest BCUT2D eigenvalue weighted by Crippen LogP contribution is -2.32. The van der Waals surface area contributed by atoms with Gasteiger partial charge in [-0.3, -0.25) is 0 Å². The molecule has 1 aliphatic rings. The summed E-state index contributed by atoms with van der Waals surface area (Å²) in [5.41, 5.74) is 0.494. The number of aryl methyl sites for hydroxylation is 1. The molecule has 2 aromatic heterocycles. The third-order valence-corrected chi connectivity index (χ3v) is 7.37. The third-order valence-electron chi connectivity index (χ3n) is 4.56. The highest BCUT2D eigenvalue weighted by atomic mass is 32.2. The topological polar surface area (TPSA) is 85.1 Å². The van der Waals surface area contributed by atoms with E-state index >= 15 is 0 Å². The molecule has 0 radical (unpaired) electrons. The predicted octanol–water partition coefficient (Wildman–Crippen LogP) is 4.13. The van der Waals surface area contributed by atoms with Gasteiger partial charge < -0.3 is 4.52 Å². The molecular weight excluding hydrogens is 389 g/mol. The Morgan fingerprint density at radius 3 is 2.78 bits per heavy atom. The van der Waals surface area contributed by atoms with Gasteiger partial charge in [-0.05, 0) is 38.0 Å². The Morgan fingerprint density at radius 1 is 1.26 bits per heavy atom. The highest BCUT2D eigenvalue weighted by Crippen LogP contribution is 2.34. The van der Waals surface area contributed by atoms with Crippen molar-refractivity contribution in [3.05, 3.63) is 41.0 Å². The van der Waals surface area contributed by atoms with Gasteiger partial charge in [0, 0.05) is 16.5 Å². The number of nitrogens with one attached hydrogen (secondary N) is 1. The smallest absolute Gasteiger partial charge is 0.268 e. The van der Waals surface area contributed by atoms with E-state index in [0.717, 1.165) is 25.7 Å². The van der Waals surface area contributed by atoms with Gasteiger partial charge in [0.05, 0.1) is 9.77 Å². The van der Waals surface area contributed by atoms with Crippen molar-refractivity contribution in [2.24, 2.45) is 0 Å². The lowest BCUT2D eigenvalue weighted by molar-refractivity contribution is 0.433. The maximum atomic E-state index is 13.4. The summed E-state index contributed by atoms with van der Waals surface area (Å²) >= 11 is 1.27. The van der Waals surface area contributed by atoms with Crippen molar-refractivity contribution in [1.29, 1.82) is 0 Å². The Morgan fingerprint density at radius 2 is 2.04 bits per heavy atom. The van der Waals surface area contributed by atoms with Crippen molar-refractivity contribution < 1.29 is 17.3 Å². The summed E-state index contributed by atoms with van der Waals surface area (Å²) < 4.78 is 46.8. The summed E-state index contributed by atoms with van der Waals surface area (Å²) in [4.78, 5) is 5.74. The van der Waals surface area contributed by atoms with Crippen molar-refractivity contribution in [3.63, 3.8) is 0 Å². The molecule has 1 aliphatic carbocycles. The van der Waals surface area contributed by atoms with E-state index in [0.29, 0.717) is 15.3 Å². The molecular formula is C18H18FN3O3S2. The molecule has 4 rings (SSSR count). The number of nitrogens with zero attached hydrogens (tertiary/aromatic N) is 2. The van der Waals surface area contributed by atoms with Crippen LogP contribution in [0.5, 0.6) is 0 Å². The standard InChI is InChI=1S/C18H18FN3O3S2/c1-11-16(27(23,24)22-14-7-2-3-8-14)10-15(26-11)18-20-17(21-25-18)12-5-4-6-13(19)9-12/h4-6,9-10,14,22H,2-3,7-8H2,1H3. The normalized spacial score (nSPS) is 15.5. The van der Waals surface area contributed by atoms with Gasteiger partial charge in [0.2, 0.25) is 15.8 Å². The molecule has 0 unspecified atom stereocenters. The molecule has 0 atom stereocenters. The minimum atomic E-state index is -3.59. The van der Waals surface area contributed by atoms with Gasteiger partial charge in [-0.25, -0.2) is 17.5 Å². The minimum Gasteiger partial charge on any atom is -0.333 e. The predicted molar refractivity (Wildman–Crippen MR) is 100 cm³/mol. The Bertz CT molecular complexity index is 1070. The van der Waals surface area contributed by atoms with Gasteiger partial charge in [-0.15, -0.1) is 11.3 Å². The first kappa shape index (κ1) is 18.3. The van der Waals surface area contributed by atoms with Crippen LogP contribution >= 0.6 is 11.3 Å². The summed E-state index contributed by atoms with van der Waals surface area (Å²) in [6.45, 7) is 1.75. The second-order valence-corrected chi connectivity index (χ2v) is 9.51. The van der Waals surface area contributed by atoms with Crippen LogP contribution in [0.15, 0.2) is 39.8 Å². The van der Waals surface area contributed by atoms with Crippen molar-refractivity contribution in [1.82, 2.24) is 14.9 Å². The SMILES string of the molecule is Cc1sc(-c2nc(-c3cccc(F)c3)no2)cc1S(=O)(=O)NC1CCCC1. The van der Waals surface area contributed by atoms with Crippen LogP contribution in [0.2, 0.25) is 0 Å². The molecule has 0 saturated heterocycles. The van der Waals surface area contributed by atoms with Crippen LogP contribution in [0.1, 0.15) is 30.6 Å². The Balaban J connectivity index is 1.62. The Labute approximate surface area is 160 Å². The zero-order valence-corrected chi connectivity index (χ0v) is 16.2. The first-order valence-electron chi connectivity index (χ1n) is 8.65. The molecule has 6 nitrogen and oxygen atoms in total. The maximum Gasteiger partial charge on any atom is 0.268 e. The monoisotopic (exact) mass is 407 g/mol. The Kier molecular flexibility index (Phi) is 4.83. The summed E-state index contributed by atoms with van der Waals surface area (Å²) in [7, 11) is -3.59. The van der Waals surface area contributed by atoms with E-state index in [2.05, 4.69) is 14.9 Å². The van der Waals surface area contributed by atoms with Gasteiger partial charge in [-0.2, -0.15) is 4.98 Å². The van der Waals surface area contributed by atoms with E-state index in [4.69, 9.17) is 4.52 Å². The van der Waals surface area contributed by atoms with Crippen LogP contribution in [0.3, 0.4) is 0 Å². The summed E-state index contributed by atoms with van der Waals surface area (Å²) in [5, 5.41) is 3.88. The average molecular weight is 407 g/mol. The minimum absolute atomic E-state index is 0.000680. The van der Waals surface area contributed by atoms with Crippen molar-refractivity contribution >= 4 is 21.4 Å². The maximum absolute atomic E-state index is 13.4. The summed E-state index contributed by atoms with van der Waals surface area (Å²) in [5.74, 6) is 0.0749. The summed E-state index contributed by atoms with van der Waals surface area (Å²) in [6, 6.07) is 7.45. The molecule has 3 aromatic rings. The zero-order valence-electron chi connectivity index (χ0n) is 14.6. The van der Waals surface area contributed by atoms with E-state index in [1.807, 2.05) is 0 Å². The Hall–Kier alpha value is -2.10. The van der Waals surface area contributed by atoms with E-state index in [1.54, 1.807) is 25.1 Å². The second-order valence-electron chi connectivity index (χ2n) is 6.57. The van der Waals surface area contributed by atoms with E-state index < -0.39 is 15.8 Å². The molecule has 0 amide bonds. The van der Waals surface area contributed by atoms with Crippen LogP contribution in [-0.4, -0.2) is 24.6 Å². The van der Waals surface area contributed by atoms with Gasteiger partial charge >= 0.3 is 0 Å². The molecule has 1 saturated carbocycles. The number of benzene rings is 1. The highest BCUT2D eigenvalue weighted by molar-refractivity contribution is 7.89. The molecule has 1 N–H and O–H groups in total. The third kappa shape index (κ3) is 3.80. The van der Waals surface area contributed by atoms with Gasteiger partial charge in [0.25, 0.3) is 5.89 Å². The molecule has 27 heavy (non-hydrogen) atoms. The number of halogens is 1. The molecule has 0 aliphatic heterocycles. The van der Waals surface area contributed by atoms with Crippen LogP contribution < -0.4 is 4.72 Å². The van der Waals surface area contributed by atoms with E-state index in [1.165, 1.54) is 23.5 Å². The molecule has 0 spiro atoms. The van der Waals surface area contributed by atoms with Gasteiger partial charge in [-0.1, -0.05) is 30.1 Å². The summed E-state index contributed by atoms with van der Waals surface area (Å²) in [6.07, 6.45) is 3.84. The van der Waals surface area contributed by atoms with Crippen molar-refractivity contribution in [2.75, 3.05) is 0 Å². The lowest BCUT2D eigenvalue weighted by atomic mass is 10.2. The molecule has 9 heteroatoms. The lowest BCUT2D eigenvalue weighted by Gasteiger charge is -2.11. The van der Waals surface area contributed by atoms with E-state index in [9.17, 15) is 12.8 Å². The molecule has 0 bridgehead atoms. The molecule has 1 aromatic carbocycles. The van der Waals surface area contributed by atoms with Crippen LogP contribution in [0.4, 0.5) is 4.39 Å². The van der Waals surface area contributed by atoms with Gasteiger partial charge in [0.1, 0.15) is 5.82 Å². The fourth-order valence-electron chi connectivity index (χ4n) is 3.23. The zero-order chi connectivity index (χ0) is 19.0. The number of hydrogen-bond acceptors (Lipinski definition) is 6. The van der Waals surface area contributed by atoms with Gasteiger partial charge in [0.15, 0.2) is 0 Å². The van der Waals surface area contributed by atoms with Crippen molar-refractivity contribution in [3.8, 4) is 22.2 Å². The fraction of sp³-hybridized carbons (Fsp3) is 0.333. The first-order chi connectivity index (χ1) is 12.9. The number of sulfonamides is 1. The quantitative estimate of drug-likeness (QED) is 0.687.